The highest BCUT2D eigenvalue weighted by molar-refractivity contribution is 6.35. The molecule has 0 saturated heterocycles. The molecule has 0 aliphatic rings. The fraction of sp³-hybridized carbons (Fsp3) is 0.158. The third-order valence-electron chi connectivity index (χ3n) is 3.89. The van der Waals surface area contributed by atoms with Crippen molar-refractivity contribution >= 4 is 29.1 Å². The molecule has 1 atom stereocenters. The summed E-state index contributed by atoms with van der Waals surface area (Å²) >= 11 is 11.9. The van der Waals surface area contributed by atoms with E-state index in [0.29, 0.717) is 27.2 Å². The summed E-state index contributed by atoms with van der Waals surface area (Å²) in [7, 11) is 1.77. The van der Waals surface area contributed by atoms with Crippen molar-refractivity contribution in [3.63, 3.8) is 0 Å². The number of amides is 1. The van der Waals surface area contributed by atoms with E-state index in [1.54, 1.807) is 54.3 Å². The Morgan fingerprint density at radius 2 is 2.07 bits per heavy atom. The predicted molar refractivity (Wildman–Crippen MR) is 102 cm³/mol. The fourth-order valence-electron chi connectivity index (χ4n) is 2.58. The molecule has 2 aromatic carbocycles. The molecule has 5 nitrogen and oxygen atoms in total. The molecule has 0 aliphatic carbocycles. The molecule has 0 radical (unpaired) electrons. The molecule has 1 N–H and O–H groups in total. The Kier molecular flexibility index (Phi) is 5.98. The standard InChI is InChI=1S/C19H16Cl2FN3O2/c1-25-9-8-23-19(25)18(13-4-2-3-5-15(13)22)24-17(26)11-27-16-7-6-12(20)10-14(16)21/h2-10,18H,11H2,1H3,(H,24,26)/t18-/m0/s1. The van der Waals surface area contributed by atoms with Gasteiger partial charge in [-0.1, -0.05) is 41.4 Å². The monoisotopic (exact) mass is 407 g/mol. The van der Waals surface area contributed by atoms with Crippen LogP contribution in [-0.4, -0.2) is 22.1 Å². The number of rotatable bonds is 6. The van der Waals surface area contributed by atoms with Crippen LogP contribution in [0.2, 0.25) is 10.0 Å². The van der Waals surface area contributed by atoms with Crippen molar-refractivity contribution in [1.82, 2.24) is 14.9 Å². The summed E-state index contributed by atoms with van der Waals surface area (Å²) < 4.78 is 21.5. The molecule has 1 heterocycles. The smallest absolute Gasteiger partial charge is 0.258 e. The molecule has 0 bridgehead atoms. The first-order valence-corrected chi connectivity index (χ1v) is 8.80. The van der Waals surface area contributed by atoms with Crippen LogP contribution in [0.3, 0.4) is 0 Å². The van der Waals surface area contributed by atoms with Crippen LogP contribution < -0.4 is 10.1 Å². The second kappa shape index (κ2) is 8.41. The second-order valence-electron chi connectivity index (χ2n) is 5.78. The molecule has 8 heteroatoms. The maximum absolute atomic E-state index is 14.3. The highest BCUT2D eigenvalue weighted by Gasteiger charge is 2.23. The highest BCUT2D eigenvalue weighted by atomic mass is 35.5. The van der Waals surface area contributed by atoms with Gasteiger partial charge in [-0.15, -0.1) is 0 Å². The van der Waals surface area contributed by atoms with Gasteiger partial charge in [-0.25, -0.2) is 9.37 Å². The Hall–Kier alpha value is -2.57. The van der Waals surface area contributed by atoms with Crippen molar-refractivity contribution in [2.45, 2.75) is 6.04 Å². The minimum absolute atomic E-state index is 0.295. The number of carbonyl (C=O) groups excluding carboxylic acids is 1. The van der Waals surface area contributed by atoms with Gasteiger partial charge < -0.3 is 14.6 Å². The topological polar surface area (TPSA) is 56.2 Å². The minimum Gasteiger partial charge on any atom is -0.482 e. The van der Waals surface area contributed by atoms with Crippen molar-refractivity contribution in [3.05, 3.63) is 82.1 Å². The first kappa shape index (κ1) is 19.2. The quantitative estimate of drug-likeness (QED) is 0.667. The summed E-state index contributed by atoms with van der Waals surface area (Å²) in [4.78, 5) is 16.7. The number of hydrogen-bond donors (Lipinski definition) is 1. The van der Waals surface area contributed by atoms with E-state index in [0.717, 1.165) is 0 Å². The maximum Gasteiger partial charge on any atom is 0.258 e. The van der Waals surface area contributed by atoms with E-state index in [2.05, 4.69) is 10.3 Å². The van der Waals surface area contributed by atoms with Gasteiger partial charge in [-0.05, 0) is 24.3 Å². The van der Waals surface area contributed by atoms with Crippen LogP contribution in [0.1, 0.15) is 17.4 Å². The number of imidazole rings is 1. The van der Waals surface area contributed by atoms with Crippen LogP contribution in [0.25, 0.3) is 0 Å². The third kappa shape index (κ3) is 4.59. The number of ether oxygens (including phenoxy) is 1. The van der Waals surface area contributed by atoms with Gasteiger partial charge in [0.2, 0.25) is 0 Å². The molecule has 27 heavy (non-hydrogen) atoms. The lowest BCUT2D eigenvalue weighted by Crippen LogP contribution is -2.35. The molecule has 0 aliphatic heterocycles. The van der Waals surface area contributed by atoms with Gasteiger partial charge in [0.15, 0.2) is 6.61 Å². The van der Waals surface area contributed by atoms with Crippen LogP contribution in [0.15, 0.2) is 54.9 Å². The van der Waals surface area contributed by atoms with Crippen molar-refractivity contribution in [3.8, 4) is 5.75 Å². The Bertz CT molecular complexity index is 962. The largest absolute Gasteiger partial charge is 0.482 e. The zero-order valence-electron chi connectivity index (χ0n) is 14.3. The summed E-state index contributed by atoms with van der Waals surface area (Å²) in [5.74, 6) is -0.0571. The SMILES string of the molecule is Cn1ccnc1[C@@H](NC(=O)COc1ccc(Cl)cc1Cl)c1ccccc1F. The molecular weight excluding hydrogens is 392 g/mol. The lowest BCUT2D eigenvalue weighted by molar-refractivity contribution is -0.123. The number of aromatic nitrogens is 2. The zero-order chi connectivity index (χ0) is 19.4. The van der Waals surface area contributed by atoms with Crippen LogP contribution in [0.5, 0.6) is 5.75 Å². The average Bonchev–Trinajstić information content (AvgIpc) is 3.05. The summed E-state index contributed by atoms with van der Waals surface area (Å²) in [5, 5.41) is 3.52. The Labute approximate surface area is 165 Å². The highest BCUT2D eigenvalue weighted by Crippen LogP contribution is 2.27. The number of halogens is 3. The number of benzene rings is 2. The van der Waals surface area contributed by atoms with Gasteiger partial charge in [0.25, 0.3) is 5.91 Å². The number of aryl methyl sites for hydroxylation is 1. The van der Waals surface area contributed by atoms with E-state index in [1.165, 1.54) is 12.1 Å². The molecule has 3 aromatic rings. The average molecular weight is 408 g/mol. The van der Waals surface area contributed by atoms with Crippen molar-refractivity contribution < 1.29 is 13.9 Å². The Balaban J connectivity index is 1.77. The van der Waals surface area contributed by atoms with Crippen LogP contribution in [0.4, 0.5) is 4.39 Å². The predicted octanol–water partition coefficient (Wildman–Crippen LogP) is 4.15. The fourth-order valence-corrected chi connectivity index (χ4v) is 3.05. The normalized spacial score (nSPS) is 11.9. The second-order valence-corrected chi connectivity index (χ2v) is 6.63. The molecule has 0 unspecified atom stereocenters. The minimum atomic E-state index is -0.761. The van der Waals surface area contributed by atoms with E-state index < -0.39 is 17.8 Å². The van der Waals surface area contributed by atoms with E-state index in [9.17, 15) is 9.18 Å². The summed E-state index contributed by atoms with van der Waals surface area (Å²) in [5.41, 5.74) is 0.310. The molecule has 140 valence electrons. The van der Waals surface area contributed by atoms with Gasteiger partial charge >= 0.3 is 0 Å². The van der Waals surface area contributed by atoms with Crippen LogP contribution in [-0.2, 0) is 11.8 Å². The molecule has 3 rings (SSSR count). The van der Waals surface area contributed by atoms with Gasteiger partial charge in [0.05, 0.1) is 5.02 Å². The van der Waals surface area contributed by atoms with E-state index >= 15 is 0 Å². The van der Waals surface area contributed by atoms with Gasteiger partial charge in [0, 0.05) is 30.0 Å². The Morgan fingerprint density at radius 1 is 1.30 bits per heavy atom. The summed E-state index contributed by atoms with van der Waals surface area (Å²) in [6.45, 7) is -0.295. The molecular formula is C19H16Cl2FN3O2. The number of nitrogens with zero attached hydrogens (tertiary/aromatic N) is 2. The Morgan fingerprint density at radius 3 is 2.74 bits per heavy atom. The van der Waals surface area contributed by atoms with E-state index in [1.807, 2.05) is 0 Å². The van der Waals surface area contributed by atoms with E-state index in [4.69, 9.17) is 27.9 Å². The molecule has 0 spiro atoms. The van der Waals surface area contributed by atoms with E-state index in [-0.39, 0.29) is 6.61 Å². The number of carbonyl (C=O) groups is 1. The first-order valence-electron chi connectivity index (χ1n) is 8.04. The number of hydrogen-bond acceptors (Lipinski definition) is 3. The maximum atomic E-state index is 14.3. The summed E-state index contributed by atoms with van der Waals surface area (Å²) in [6, 6.07) is 10.2. The van der Waals surface area contributed by atoms with Crippen molar-refractivity contribution in [2.24, 2.45) is 7.05 Å². The van der Waals surface area contributed by atoms with Gasteiger partial charge in [0.1, 0.15) is 23.4 Å². The lowest BCUT2D eigenvalue weighted by atomic mass is 10.1. The summed E-state index contributed by atoms with van der Waals surface area (Å²) in [6.07, 6.45) is 3.30. The van der Waals surface area contributed by atoms with Gasteiger partial charge in [-0.2, -0.15) is 0 Å². The molecule has 1 aromatic heterocycles. The van der Waals surface area contributed by atoms with Gasteiger partial charge in [-0.3, -0.25) is 4.79 Å². The zero-order valence-corrected chi connectivity index (χ0v) is 15.8. The van der Waals surface area contributed by atoms with Crippen molar-refractivity contribution in [2.75, 3.05) is 6.61 Å². The van der Waals surface area contributed by atoms with Crippen molar-refractivity contribution in [1.29, 1.82) is 0 Å². The molecule has 0 fully saturated rings. The third-order valence-corrected chi connectivity index (χ3v) is 4.42. The van der Waals surface area contributed by atoms with Crippen LogP contribution >= 0.6 is 23.2 Å². The molecule has 0 saturated carbocycles. The van der Waals surface area contributed by atoms with Crippen LogP contribution in [0, 0.1) is 5.82 Å². The lowest BCUT2D eigenvalue weighted by Gasteiger charge is -2.20. The first-order chi connectivity index (χ1) is 13.0. The molecule has 1 amide bonds. The number of nitrogens with one attached hydrogen (secondary N) is 1.